The molecule has 148 valence electrons. The molecule has 29 heavy (non-hydrogen) atoms. The Morgan fingerprint density at radius 3 is 2.76 bits per heavy atom. The Balaban J connectivity index is 1.88. The highest BCUT2D eigenvalue weighted by Gasteiger charge is 2.35. The van der Waals surface area contributed by atoms with E-state index >= 15 is 0 Å². The molecule has 6 nitrogen and oxygen atoms in total. The van der Waals surface area contributed by atoms with Crippen molar-refractivity contribution in [1.29, 1.82) is 5.26 Å². The fourth-order valence-electron chi connectivity index (χ4n) is 4.38. The molecule has 1 aliphatic carbocycles. The molecule has 0 spiro atoms. The number of aromatic nitrogens is 1. The summed E-state index contributed by atoms with van der Waals surface area (Å²) in [5.41, 5.74) is 9.76. The molecule has 0 saturated carbocycles. The van der Waals surface area contributed by atoms with Crippen LogP contribution in [0.4, 0.5) is 0 Å². The van der Waals surface area contributed by atoms with Crippen LogP contribution in [-0.4, -0.2) is 24.6 Å². The van der Waals surface area contributed by atoms with Crippen molar-refractivity contribution in [2.45, 2.75) is 31.1 Å². The molecule has 6 heteroatoms. The van der Waals surface area contributed by atoms with Gasteiger partial charge in [0.15, 0.2) is 6.61 Å². The van der Waals surface area contributed by atoms with Crippen molar-refractivity contribution in [3.8, 4) is 17.6 Å². The molecule has 0 saturated heterocycles. The molecule has 0 fully saturated rings. The zero-order valence-electron chi connectivity index (χ0n) is 16.3. The molecule has 2 unspecified atom stereocenters. The number of benzene rings is 2. The predicted octanol–water partition coefficient (Wildman–Crippen LogP) is 3.77. The fourth-order valence-corrected chi connectivity index (χ4v) is 4.38. The van der Waals surface area contributed by atoms with E-state index in [0.717, 1.165) is 35.0 Å². The first kappa shape index (κ1) is 18.9. The van der Waals surface area contributed by atoms with Crippen LogP contribution in [-0.2, 0) is 11.2 Å². The lowest BCUT2D eigenvalue weighted by Crippen LogP contribution is -2.26. The van der Waals surface area contributed by atoms with Crippen LogP contribution in [0, 0.1) is 11.3 Å². The average Bonchev–Trinajstić information content (AvgIpc) is 3.12. The number of nitrogens with one attached hydrogen (secondary N) is 1. The number of nitriles is 1. The number of methoxy groups -OCH3 is 1. The van der Waals surface area contributed by atoms with E-state index in [9.17, 15) is 4.79 Å². The normalized spacial score (nSPS) is 18.1. The first-order valence-corrected chi connectivity index (χ1v) is 9.68. The minimum Gasteiger partial charge on any atom is -0.497 e. The summed E-state index contributed by atoms with van der Waals surface area (Å²) in [6.07, 6.45) is 2.43. The number of fused-ring (bicyclic) bond motifs is 3. The van der Waals surface area contributed by atoms with Gasteiger partial charge in [0.2, 0.25) is 5.91 Å². The van der Waals surface area contributed by atoms with Crippen molar-refractivity contribution in [1.82, 2.24) is 4.98 Å². The van der Waals surface area contributed by atoms with E-state index in [1.54, 1.807) is 13.2 Å². The number of amides is 1. The maximum absolute atomic E-state index is 12.3. The quantitative estimate of drug-likeness (QED) is 0.670. The summed E-state index contributed by atoms with van der Waals surface area (Å²) in [5, 5.41) is 9.79. The molecule has 3 aromatic rings. The number of aromatic amines is 1. The van der Waals surface area contributed by atoms with Crippen LogP contribution in [0.3, 0.4) is 0 Å². The maximum atomic E-state index is 12.3. The van der Waals surface area contributed by atoms with Gasteiger partial charge >= 0.3 is 0 Å². The van der Waals surface area contributed by atoms with Gasteiger partial charge in [-0.3, -0.25) is 4.79 Å². The second-order valence-corrected chi connectivity index (χ2v) is 7.37. The van der Waals surface area contributed by atoms with Gasteiger partial charge in [-0.25, -0.2) is 0 Å². The van der Waals surface area contributed by atoms with E-state index in [0.29, 0.717) is 17.9 Å². The zero-order chi connectivity index (χ0) is 20.4. The minimum atomic E-state index is -0.386. The van der Waals surface area contributed by atoms with Gasteiger partial charge in [-0.1, -0.05) is 30.3 Å². The summed E-state index contributed by atoms with van der Waals surface area (Å²) >= 11 is 0. The van der Waals surface area contributed by atoms with Crippen molar-refractivity contribution in [2.75, 3.05) is 13.7 Å². The smallest absolute Gasteiger partial charge is 0.225 e. The van der Waals surface area contributed by atoms with Crippen LogP contribution in [0.1, 0.15) is 41.5 Å². The largest absolute Gasteiger partial charge is 0.497 e. The van der Waals surface area contributed by atoms with Gasteiger partial charge in [0.1, 0.15) is 17.6 Å². The summed E-state index contributed by atoms with van der Waals surface area (Å²) < 4.78 is 11.1. The number of carbonyl (C=O) groups is 1. The third kappa shape index (κ3) is 3.52. The second kappa shape index (κ2) is 7.88. The molecule has 0 bridgehead atoms. The number of hydrogen-bond donors (Lipinski definition) is 2. The molecule has 1 aliphatic rings. The number of primary amides is 1. The average molecular weight is 389 g/mol. The Morgan fingerprint density at radius 1 is 1.28 bits per heavy atom. The Bertz CT molecular complexity index is 1080. The molecule has 1 amide bonds. The van der Waals surface area contributed by atoms with Crippen LogP contribution < -0.4 is 15.2 Å². The summed E-state index contributed by atoms with van der Waals surface area (Å²) in [6.45, 7) is -0.0864. The number of rotatable bonds is 6. The molecule has 1 heterocycles. The van der Waals surface area contributed by atoms with Crippen molar-refractivity contribution < 1.29 is 14.3 Å². The summed E-state index contributed by atoms with van der Waals surface area (Å²) in [4.78, 5) is 15.8. The lowest BCUT2D eigenvalue weighted by Gasteiger charge is -2.28. The number of ether oxygens (including phenoxy) is 2. The van der Waals surface area contributed by atoms with E-state index in [1.165, 1.54) is 5.56 Å². The molecule has 1 aromatic heterocycles. The van der Waals surface area contributed by atoms with E-state index in [1.807, 2.05) is 30.3 Å². The van der Waals surface area contributed by atoms with E-state index < -0.39 is 0 Å². The fraction of sp³-hybridized carbons (Fsp3) is 0.304. The highest BCUT2D eigenvalue weighted by atomic mass is 16.5. The van der Waals surface area contributed by atoms with Gasteiger partial charge in [0.05, 0.1) is 18.5 Å². The highest BCUT2D eigenvalue weighted by molar-refractivity contribution is 5.97. The highest BCUT2D eigenvalue weighted by Crippen LogP contribution is 2.47. The SMILES string of the molecule is COc1cc(OCC#N)c2c3c([nH]c2c1)C(Cc1ccccc1)CCC3C(N)=O. The maximum Gasteiger partial charge on any atom is 0.225 e. The summed E-state index contributed by atoms with van der Waals surface area (Å²) in [6, 6.07) is 16.0. The Hall–Kier alpha value is -3.46. The van der Waals surface area contributed by atoms with E-state index in [4.69, 9.17) is 20.5 Å². The number of carbonyl (C=O) groups excluding carboxylic acids is 1. The van der Waals surface area contributed by atoms with Crippen LogP contribution in [0.2, 0.25) is 0 Å². The minimum absolute atomic E-state index is 0.0864. The first-order valence-electron chi connectivity index (χ1n) is 9.68. The zero-order valence-corrected chi connectivity index (χ0v) is 16.3. The number of H-pyrrole nitrogens is 1. The molecule has 2 aromatic carbocycles. The third-order valence-corrected chi connectivity index (χ3v) is 5.66. The Morgan fingerprint density at radius 2 is 2.07 bits per heavy atom. The summed E-state index contributed by atoms with van der Waals surface area (Å²) in [5.74, 6) is 0.672. The molecule has 2 atom stereocenters. The van der Waals surface area contributed by atoms with Gasteiger partial charge < -0.3 is 20.2 Å². The molecule has 4 rings (SSSR count). The van der Waals surface area contributed by atoms with Gasteiger partial charge in [-0.15, -0.1) is 0 Å². The molecule has 3 N–H and O–H groups in total. The van der Waals surface area contributed by atoms with Gasteiger partial charge in [-0.2, -0.15) is 5.26 Å². The van der Waals surface area contributed by atoms with Gasteiger partial charge in [0.25, 0.3) is 0 Å². The topological polar surface area (TPSA) is 101 Å². The lowest BCUT2D eigenvalue weighted by molar-refractivity contribution is -0.119. The van der Waals surface area contributed by atoms with Crippen molar-refractivity contribution in [3.63, 3.8) is 0 Å². The van der Waals surface area contributed by atoms with Crippen LogP contribution in [0.5, 0.6) is 11.5 Å². The van der Waals surface area contributed by atoms with E-state index in [2.05, 4.69) is 17.1 Å². The molecule has 0 aliphatic heterocycles. The first-order chi connectivity index (χ1) is 14.1. The predicted molar refractivity (Wildman–Crippen MR) is 110 cm³/mol. The number of hydrogen-bond acceptors (Lipinski definition) is 4. The van der Waals surface area contributed by atoms with Crippen molar-refractivity contribution in [3.05, 3.63) is 59.3 Å². The van der Waals surface area contributed by atoms with Crippen LogP contribution in [0.15, 0.2) is 42.5 Å². The molecule has 0 radical (unpaired) electrons. The molecular formula is C23H23N3O3. The lowest BCUT2D eigenvalue weighted by atomic mass is 9.77. The monoisotopic (exact) mass is 389 g/mol. The van der Waals surface area contributed by atoms with Crippen LogP contribution >= 0.6 is 0 Å². The van der Waals surface area contributed by atoms with E-state index in [-0.39, 0.29) is 24.3 Å². The number of nitrogens with two attached hydrogens (primary N) is 1. The van der Waals surface area contributed by atoms with Gasteiger partial charge in [0, 0.05) is 29.1 Å². The Kier molecular flexibility index (Phi) is 5.13. The van der Waals surface area contributed by atoms with Crippen LogP contribution in [0.25, 0.3) is 10.9 Å². The molecular weight excluding hydrogens is 366 g/mol. The van der Waals surface area contributed by atoms with Crippen molar-refractivity contribution >= 4 is 16.8 Å². The second-order valence-electron chi connectivity index (χ2n) is 7.37. The summed E-state index contributed by atoms with van der Waals surface area (Å²) in [7, 11) is 1.59. The van der Waals surface area contributed by atoms with Gasteiger partial charge in [-0.05, 0) is 30.4 Å². The Labute approximate surface area is 169 Å². The van der Waals surface area contributed by atoms with Crippen molar-refractivity contribution in [2.24, 2.45) is 5.73 Å². The number of nitrogens with zero attached hydrogens (tertiary/aromatic N) is 1. The third-order valence-electron chi connectivity index (χ3n) is 5.66. The standard InChI is InChI=1S/C23H23N3O3/c1-28-16-12-18-21(19(13-16)29-10-9-24)20-17(23(25)27)8-7-15(22(20)26-18)11-14-5-3-2-4-6-14/h2-6,12-13,15,17,26H,7-8,10-11H2,1H3,(H2,25,27).